The Morgan fingerprint density at radius 3 is 1.83 bits per heavy atom. The molecule has 4 nitrogen and oxygen atoms in total. The maximum absolute atomic E-state index is 13.0. The summed E-state index contributed by atoms with van der Waals surface area (Å²) < 4.78 is 5.68. The molecule has 0 bridgehead atoms. The molecule has 0 amide bonds. The number of nitrogens with zero attached hydrogens (tertiary/aromatic N) is 2. The van der Waals surface area contributed by atoms with Gasteiger partial charge in [-0.25, -0.2) is 14.8 Å². The van der Waals surface area contributed by atoms with Gasteiger partial charge in [-0.2, -0.15) is 0 Å². The number of aromatic nitrogens is 2. The van der Waals surface area contributed by atoms with Crippen molar-refractivity contribution in [3.05, 3.63) is 127 Å². The monoisotopic (exact) mass is 452 g/mol. The van der Waals surface area contributed by atoms with Crippen LogP contribution in [0.5, 0.6) is 5.75 Å². The molecule has 0 saturated heterocycles. The third kappa shape index (κ3) is 4.13. The fourth-order valence-corrected chi connectivity index (χ4v) is 4.17. The predicted octanol–water partition coefficient (Wildman–Crippen LogP) is 7.34. The molecule has 1 heterocycles. The molecule has 0 fully saturated rings. The van der Waals surface area contributed by atoms with Crippen molar-refractivity contribution < 1.29 is 9.53 Å². The number of carbonyl (C=O) groups excluding carboxylic acids is 1. The lowest BCUT2D eigenvalue weighted by Gasteiger charge is -2.11. The van der Waals surface area contributed by atoms with Crippen LogP contribution in [0.4, 0.5) is 0 Å². The van der Waals surface area contributed by atoms with Crippen LogP contribution in [0.15, 0.2) is 121 Å². The first-order valence-electron chi connectivity index (χ1n) is 11.4. The van der Waals surface area contributed by atoms with E-state index in [9.17, 15) is 4.79 Å². The summed E-state index contributed by atoms with van der Waals surface area (Å²) in [5.74, 6) is 0.0710. The largest absolute Gasteiger partial charge is 0.423 e. The van der Waals surface area contributed by atoms with Crippen LogP contribution in [0.2, 0.25) is 0 Å². The van der Waals surface area contributed by atoms with E-state index >= 15 is 0 Å². The summed E-state index contributed by atoms with van der Waals surface area (Å²) in [5.41, 5.74) is 5.29. The Balaban J connectivity index is 1.40. The third-order valence-corrected chi connectivity index (χ3v) is 5.93. The van der Waals surface area contributed by atoms with E-state index in [-0.39, 0.29) is 0 Å². The van der Waals surface area contributed by atoms with E-state index in [2.05, 4.69) is 0 Å². The third-order valence-electron chi connectivity index (χ3n) is 5.93. The van der Waals surface area contributed by atoms with E-state index in [0.717, 1.165) is 33.3 Å². The molecular formula is C31H20N2O2. The Kier molecular flexibility index (Phi) is 5.24. The van der Waals surface area contributed by atoms with Crippen molar-refractivity contribution in [3.63, 3.8) is 0 Å². The van der Waals surface area contributed by atoms with Crippen molar-refractivity contribution in [1.82, 2.24) is 9.97 Å². The first-order chi connectivity index (χ1) is 17.2. The van der Waals surface area contributed by atoms with Gasteiger partial charge in [-0.1, -0.05) is 91.0 Å². The average Bonchev–Trinajstić information content (AvgIpc) is 2.93. The van der Waals surface area contributed by atoms with Gasteiger partial charge < -0.3 is 4.74 Å². The second-order valence-electron chi connectivity index (χ2n) is 8.25. The number of hydrogen-bond donors (Lipinski definition) is 0. The van der Waals surface area contributed by atoms with Gasteiger partial charge >= 0.3 is 5.97 Å². The Morgan fingerprint density at radius 2 is 1.14 bits per heavy atom. The van der Waals surface area contributed by atoms with E-state index in [0.29, 0.717) is 22.3 Å². The van der Waals surface area contributed by atoms with Gasteiger partial charge in [0.1, 0.15) is 5.75 Å². The van der Waals surface area contributed by atoms with Gasteiger partial charge in [0.15, 0.2) is 0 Å². The summed E-state index contributed by atoms with van der Waals surface area (Å²) in [6.07, 6.45) is 0. The lowest BCUT2D eigenvalue weighted by molar-refractivity contribution is 0.0735. The second-order valence-corrected chi connectivity index (χ2v) is 8.25. The van der Waals surface area contributed by atoms with Crippen LogP contribution in [0.25, 0.3) is 44.3 Å². The summed E-state index contributed by atoms with van der Waals surface area (Å²) in [5, 5.41) is 2.11. The molecule has 0 radical (unpaired) electrons. The van der Waals surface area contributed by atoms with E-state index in [1.54, 1.807) is 18.2 Å². The molecule has 0 spiro atoms. The van der Waals surface area contributed by atoms with Gasteiger partial charge in [0, 0.05) is 11.1 Å². The number of hydrogen-bond acceptors (Lipinski definition) is 4. The normalized spacial score (nSPS) is 11.0. The number of benzene rings is 5. The highest BCUT2D eigenvalue weighted by Crippen LogP contribution is 2.31. The summed E-state index contributed by atoms with van der Waals surface area (Å²) >= 11 is 0. The predicted molar refractivity (Wildman–Crippen MR) is 139 cm³/mol. The Labute approximate surface area is 202 Å². The topological polar surface area (TPSA) is 52.1 Å². The highest BCUT2D eigenvalue weighted by atomic mass is 16.5. The van der Waals surface area contributed by atoms with Gasteiger partial charge in [-0.05, 0) is 41.1 Å². The molecular weight excluding hydrogens is 432 g/mol. The lowest BCUT2D eigenvalue weighted by Crippen LogP contribution is -2.08. The molecule has 6 rings (SSSR count). The zero-order valence-corrected chi connectivity index (χ0v) is 18.8. The average molecular weight is 453 g/mol. The molecule has 166 valence electrons. The Bertz CT molecular complexity index is 1680. The summed E-state index contributed by atoms with van der Waals surface area (Å²) in [4.78, 5) is 22.8. The van der Waals surface area contributed by atoms with Gasteiger partial charge in [0.25, 0.3) is 0 Å². The number of ether oxygens (including phenoxy) is 1. The molecule has 1 aromatic heterocycles. The van der Waals surface area contributed by atoms with Crippen LogP contribution in [0.1, 0.15) is 10.4 Å². The zero-order chi connectivity index (χ0) is 23.6. The highest BCUT2D eigenvalue weighted by molar-refractivity contribution is 5.96. The standard InChI is InChI=1S/C31H20N2O2/c34-31(35-26-17-15-21-9-7-8-14-24(21)19-26)25-16-18-27-28(20-25)33-30(23-12-5-2-6-13-23)29(32-27)22-10-3-1-4-11-22/h1-20H. The fourth-order valence-electron chi connectivity index (χ4n) is 4.17. The minimum Gasteiger partial charge on any atom is -0.423 e. The van der Waals surface area contributed by atoms with E-state index in [1.165, 1.54) is 0 Å². The van der Waals surface area contributed by atoms with Crippen molar-refractivity contribution in [2.24, 2.45) is 0 Å². The number of esters is 1. The lowest BCUT2D eigenvalue weighted by atomic mass is 10.0. The van der Waals surface area contributed by atoms with Gasteiger partial charge in [-0.3, -0.25) is 0 Å². The molecule has 0 saturated carbocycles. The Hall–Kier alpha value is -4.83. The number of carbonyl (C=O) groups is 1. The first-order valence-corrected chi connectivity index (χ1v) is 11.4. The van der Waals surface area contributed by atoms with Crippen molar-refractivity contribution in [1.29, 1.82) is 0 Å². The molecule has 0 unspecified atom stereocenters. The molecule has 5 aromatic carbocycles. The van der Waals surface area contributed by atoms with Crippen molar-refractivity contribution >= 4 is 27.8 Å². The molecule has 4 heteroatoms. The molecule has 6 aromatic rings. The van der Waals surface area contributed by atoms with Crippen LogP contribution in [-0.2, 0) is 0 Å². The van der Waals surface area contributed by atoms with Gasteiger partial charge in [0.05, 0.1) is 28.0 Å². The van der Waals surface area contributed by atoms with Crippen molar-refractivity contribution in [2.75, 3.05) is 0 Å². The maximum Gasteiger partial charge on any atom is 0.343 e. The first kappa shape index (κ1) is 20.8. The fraction of sp³-hybridized carbons (Fsp3) is 0. The minimum absolute atomic E-state index is 0.423. The van der Waals surface area contributed by atoms with Crippen molar-refractivity contribution in [2.45, 2.75) is 0 Å². The molecule has 35 heavy (non-hydrogen) atoms. The summed E-state index contributed by atoms with van der Waals surface area (Å²) in [6, 6.07) is 38.8. The van der Waals surface area contributed by atoms with Crippen LogP contribution >= 0.6 is 0 Å². The number of rotatable bonds is 4. The molecule has 0 aliphatic carbocycles. The van der Waals surface area contributed by atoms with E-state index in [1.807, 2.05) is 103 Å². The highest BCUT2D eigenvalue weighted by Gasteiger charge is 2.16. The molecule has 0 N–H and O–H groups in total. The zero-order valence-electron chi connectivity index (χ0n) is 18.8. The smallest absolute Gasteiger partial charge is 0.343 e. The van der Waals surface area contributed by atoms with Gasteiger partial charge in [-0.15, -0.1) is 0 Å². The number of fused-ring (bicyclic) bond motifs is 2. The molecule has 0 aliphatic heterocycles. The SMILES string of the molecule is O=C(Oc1ccc2ccccc2c1)c1ccc2nc(-c3ccccc3)c(-c3ccccc3)nc2c1. The summed E-state index contributed by atoms with van der Waals surface area (Å²) in [7, 11) is 0. The van der Waals surface area contributed by atoms with Crippen molar-refractivity contribution in [3.8, 4) is 28.3 Å². The van der Waals surface area contributed by atoms with Crippen LogP contribution < -0.4 is 4.74 Å². The Morgan fingerprint density at radius 1 is 0.543 bits per heavy atom. The van der Waals surface area contributed by atoms with Gasteiger partial charge in [0.2, 0.25) is 0 Å². The quantitative estimate of drug-likeness (QED) is 0.207. The molecule has 0 aliphatic rings. The van der Waals surface area contributed by atoms with E-state index in [4.69, 9.17) is 14.7 Å². The maximum atomic E-state index is 13.0. The van der Waals surface area contributed by atoms with Crippen LogP contribution in [0.3, 0.4) is 0 Å². The van der Waals surface area contributed by atoms with E-state index < -0.39 is 5.97 Å². The van der Waals surface area contributed by atoms with Crippen LogP contribution in [0, 0.1) is 0 Å². The minimum atomic E-state index is -0.433. The van der Waals surface area contributed by atoms with Crippen LogP contribution in [-0.4, -0.2) is 15.9 Å². The molecule has 0 atom stereocenters. The second kappa shape index (κ2) is 8.84. The summed E-state index contributed by atoms with van der Waals surface area (Å²) in [6.45, 7) is 0.